The van der Waals surface area contributed by atoms with Crippen molar-refractivity contribution in [1.82, 2.24) is 4.90 Å². The fourth-order valence-corrected chi connectivity index (χ4v) is 2.27. The van der Waals surface area contributed by atoms with Gasteiger partial charge in [-0.2, -0.15) is 0 Å². The summed E-state index contributed by atoms with van der Waals surface area (Å²) in [6.45, 7) is 1.76. The van der Waals surface area contributed by atoms with Crippen LogP contribution >= 0.6 is 0 Å². The molecule has 88 valence electrons. The summed E-state index contributed by atoms with van der Waals surface area (Å²) in [4.78, 5) is 2.16. The van der Waals surface area contributed by atoms with E-state index in [1.165, 1.54) is 11.1 Å². The Labute approximate surface area is 95.3 Å². The van der Waals surface area contributed by atoms with E-state index in [1.807, 2.05) is 12.1 Å². The Kier molecular flexibility index (Phi) is 3.43. The van der Waals surface area contributed by atoms with Gasteiger partial charge in [-0.3, -0.25) is 4.90 Å². The number of hydrogen-bond donors (Lipinski definition) is 3. The molecule has 16 heavy (non-hydrogen) atoms. The Morgan fingerprint density at radius 1 is 1.31 bits per heavy atom. The fourth-order valence-electron chi connectivity index (χ4n) is 2.27. The van der Waals surface area contributed by atoms with Crippen LogP contribution < -0.4 is 5.73 Å². The topological polar surface area (TPSA) is 69.7 Å². The summed E-state index contributed by atoms with van der Waals surface area (Å²) < 4.78 is 0. The normalized spacial score (nSPS) is 17.4. The molecule has 1 aromatic rings. The summed E-state index contributed by atoms with van der Waals surface area (Å²) in [5, 5.41) is 18.2. The molecule has 0 fully saturated rings. The average molecular weight is 222 g/mol. The van der Waals surface area contributed by atoms with Gasteiger partial charge in [-0.1, -0.05) is 12.1 Å². The van der Waals surface area contributed by atoms with Gasteiger partial charge in [0, 0.05) is 31.4 Å². The van der Waals surface area contributed by atoms with Gasteiger partial charge < -0.3 is 15.9 Å². The second-order valence-electron chi connectivity index (χ2n) is 4.24. The number of nitrogens with zero attached hydrogens (tertiary/aromatic N) is 1. The quantitative estimate of drug-likeness (QED) is 0.642. The Hall–Kier alpha value is -1.10. The minimum Gasteiger partial charge on any atom is -0.398 e. The molecule has 0 amide bonds. The van der Waals surface area contributed by atoms with Crippen LogP contribution in [0.2, 0.25) is 0 Å². The van der Waals surface area contributed by atoms with Crippen LogP contribution in [-0.4, -0.2) is 34.4 Å². The van der Waals surface area contributed by atoms with Gasteiger partial charge in [-0.05, 0) is 23.6 Å². The summed E-state index contributed by atoms with van der Waals surface area (Å²) in [5.74, 6) is 0. The van der Waals surface area contributed by atoms with Crippen LogP contribution in [0.5, 0.6) is 0 Å². The van der Waals surface area contributed by atoms with Crippen molar-refractivity contribution >= 4 is 5.69 Å². The maximum absolute atomic E-state index is 9.28. The van der Waals surface area contributed by atoms with Gasteiger partial charge in [-0.15, -0.1) is 0 Å². The number of aliphatic hydroxyl groups excluding tert-OH is 2. The molecule has 4 N–H and O–H groups in total. The van der Waals surface area contributed by atoms with Gasteiger partial charge in [0.1, 0.15) is 0 Å². The third-order valence-electron chi connectivity index (χ3n) is 3.23. The van der Waals surface area contributed by atoms with Crippen molar-refractivity contribution in [3.8, 4) is 0 Å². The second kappa shape index (κ2) is 4.82. The molecule has 0 bridgehead atoms. The van der Waals surface area contributed by atoms with Crippen molar-refractivity contribution in [2.24, 2.45) is 0 Å². The largest absolute Gasteiger partial charge is 0.398 e. The third kappa shape index (κ3) is 2.04. The molecule has 0 saturated heterocycles. The van der Waals surface area contributed by atoms with Gasteiger partial charge in [0.05, 0.1) is 6.61 Å². The van der Waals surface area contributed by atoms with Crippen LogP contribution in [-0.2, 0) is 13.1 Å². The second-order valence-corrected chi connectivity index (χ2v) is 4.24. The molecule has 0 saturated carbocycles. The van der Waals surface area contributed by atoms with E-state index in [4.69, 9.17) is 10.8 Å². The summed E-state index contributed by atoms with van der Waals surface area (Å²) in [6.07, 6.45) is 0.602. The standard InChI is InChI=1S/C12H18N2O2/c13-12-3-1-2-9-6-14(7-11(9)12)10(8-16)4-5-15/h1-3,10,15-16H,4-8,13H2. The van der Waals surface area contributed by atoms with E-state index >= 15 is 0 Å². The summed E-state index contributed by atoms with van der Waals surface area (Å²) >= 11 is 0. The van der Waals surface area contributed by atoms with Gasteiger partial charge in [0.25, 0.3) is 0 Å². The Morgan fingerprint density at radius 2 is 2.12 bits per heavy atom. The van der Waals surface area contributed by atoms with E-state index in [-0.39, 0.29) is 19.3 Å². The van der Waals surface area contributed by atoms with Crippen molar-refractivity contribution < 1.29 is 10.2 Å². The minimum atomic E-state index is 0.0248. The molecular formula is C12H18N2O2. The van der Waals surface area contributed by atoms with Crippen molar-refractivity contribution in [1.29, 1.82) is 0 Å². The van der Waals surface area contributed by atoms with Gasteiger partial charge in [-0.25, -0.2) is 0 Å². The molecule has 4 nitrogen and oxygen atoms in total. The number of fused-ring (bicyclic) bond motifs is 1. The van der Waals surface area contributed by atoms with Crippen molar-refractivity contribution in [2.45, 2.75) is 25.6 Å². The number of benzene rings is 1. The number of rotatable bonds is 4. The first-order valence-corrected chi connectivity index (χ1v) is 5.58. The number of nitrogen functional groups attached to an aromatic ring is 1. The number of aliphatic hydroxyl groups is 2. The lowest BCUT2D eigenvalue weighted by Gasteiger charge is -2.24. The lowest BCUT2D eigenvalue weighted by Crippen LogP contribution is -2.34. The van der Waals surface area contributed by atoms with Gasteiger partial charge in [0.2, 0.25) is 0 Å². The van der Waals surface area contributed by atoms with E-state index in [1.54, 1.807) is 0 Å². The Balaban J connectivity index is 2.12. The highest BCUT2D eigenvalue weighted by Gasteiger charge is 2.26. The molecule has 0 radical (unpaired) electrons. The minimum absolute atomic E-state index is 0.0248. The maximum Gasteiger partial charge on any atom is 0.0587 e. The highest BCUT2D eigenvalue weighted by Crippen LogP contribution is 2.29. The summed E-state index contributed by atoms with van der Waals surface area (Å²) in [6, 6.07) is 5.95. The predicted octanol–water partition coefficient (Wildman–Crippen LogP) is 0.328. The van der Waals surface area contributed by atoms with E-state index in [2.05, 4.69) is 11.0 Å². The molecule has 1 unspecified atom stereocenters. The first-order valence-electron chi connectivity index (χ1n) is 5.58. The maximum atomic E-state index is 9.28. The summed E-state index contributed by atoms with van der Waals surface area (Å²) in [7, 11) is 0. The van der Waals surface area contributed by atoms with E-state index < -0.39 is 0 Å². The number of anilines is 1. The van der Waals surface area contributed by atoms with Crippen LogP contribution in [0.4, 0.5) is 5.69 Å². The molecule has 1 atom stereocenters. The van der Waals surface area contributed by atoms with Crippen molar-refractivity contribution in [3.05, 3.63) is 29.3 Å². The molecule has 0 aliphatic carbocycles. The zero-order chi connectivity index (χ0) is 11.5. The van der Waals surface area contributed by atoms with Crippen LogP contribution in [0.15, 0.2) is 18.2 Å². The Bertz CT molecular complexity index is 368. The van der Waals surface area contributed by atoms with Crippen LogP contribution in [0, 0.1) is 0 Å². The predicted molar refractivity (Wildman–Crippen MR) is 62.7 cm³/mol. The smallest absolute Gasteiger partial charge is 0.0587 e. The molecule has 2 rings (SSSR count). The first kappa shape index (κ1) is 11.4. The lowest BCUT2D eigenvalue weighted by atomic mass is 10.1. The molecule has 0 aromatic heterocycles. The molecule has 1 aliphatic heterocycles. The third-order valence-corrected chi connectivity index (χ3v) is 3.23. The van der Waals surface area contributed by atoms with E-state index in [0.29, 0.717) is 6.42 Å². The van der Waals surface area contributed by atoms with Crippen molar-refractivity contribution in [3.63, 3.8) is 0 Å². The lowest BCUT2D eigenvalue weighted by molar-refractivity contribution is 0.0980. The summed E-state index contributed by atoms with van der Waals surface area (Å²) in [5.41, 5.74) is 9.13. The zero-order valence-corrected chi connectivity index (χ0v) is 9.26. The first-order chi connectivity index (χ1) is 7.76. The molecule has 1 aromatic carbocycles. The highest BCUT2D eigenvalue weighted by atomic mass is 16.3. The molecule has 4 heteroatoms. The molecule has 1 heterocycles. The average Bonchev–Trinajstić information content (AvgIpc) is 2.71. The van der Waals surface area contributed by atoms with Gasteiger partial charge >= 0.3 is 0 Å². The fraction of sp³-hybridized carbons (Fsp3) is 0.500. The SMILES string of the molecule is Nc1cccc2c1CN(C(CO)CCO)C2. The van der Waals surface area contributed by atoms with Crippen LogP contribution in [0.3, 0.4) is 0 Å². The van der Waals surface area contributed by atoms with E-state index in [0.717, 1.165) is 18.8 Å². The van der Waals surface area contributed by atoms with Crippen LogP contribution in [0.25, 0.3) is 0 Å². The molecular weight excluding hydrogens is 204 g/mol. The number of hydrogen-bond acceptors (Lipinski definition) is 4. The molecule has 0 spiro atoms. The van der Waals surface area contributed by atoms with Gasteiger partial charge in [0.15, 0.2) is 0 Å². The van der Waals surface area contributed by atoms with Crippen molar-refractivity contribution in [2.75, 3.05) is 18.9 Å². The zero-order valence-electron chi connectivity index (χ0n) is 9.26. The monoisotopic (exact) mass is 222 g/mol. The Morgan fingerprint density at radius 3 is 2.75 bits per heavy atom. The molecule has 1 aliphatic rings. The highest BCUT2D eigenvalue weighted by molar-refractivity contribution is 5.52. The van der Waals surface area contributed by atoms with Crippen LogP contribution in [0.1, 0.15) is 17.5 Å². The number of nitrogens with two attached hydrogens (primary N) is 1. The van der Waals surface area contributed by atoms with E-state index in [9.17, 15) is 5.11 Å².